The van der Waals surface area contributed by atoms with Gasteiger partial charge in [-0.25, -0.2) is 9.79 Å². The highest BCUT2D eigenvalue weighted by Gasteiger charge is 2.16. The standard InChI is InChI=1S/C8H8N4O4/c9-8(10)11-5-2-1-4(7(13)14)3-6(5)12(15)16/h1-3H,(H,13,14)(H4,9,10,11). The summed E-state index contributed by atoms with van der Waals surface area (Å²) in [6, 6.07) is 3.24. The minimum atomic E-state index is -1.26. The lowest BCUT2D eigenvalue weighted by molar-refractivity contribution is -0.384. The summed E-state index contributed by atoms with van der Waals surface area (Å²) in [5, 5.41) is 19.3. The van der Waals surface area contributed by atoms with Crippen LogP contribution in [0.1, 0.15) is 10.4 Å². The zero-order valence-corrected chi connectivity index (χ0v) is 7.95. The van der Waals surface area contributed by atoms with Crippen LogP contribution in [0.2, 0.25) is 0 Å². The molecule has 84 valence electrons. The molecule has 0 aliphatic rings. The third-order valence-corrected chi connectivity index (χ3v) is 1.67. The van der Waals surface area contributed by atoms with Crippen LogP contribution in [0.5, 0.6) is 0 Å². The number of carbonyl (C=O) groups is 1. The Labute approximate surface area is 89.3 Å². The number of rotatable bonds is 3. The minimum Gasteiger partial charge on any atom is -0.478 e. The maximum atomic E-state index is 10.6. The monoisotopic (exact) mass is 224 g/mol. The number of nitrogens with two attached hydrogens (primary N) is 2. The fourth-order valence-corrected chi connectivity index (χ4v) is 1.04. The van der Waals surface area contributed by atoms with Crippen LogP contribution in [0.3, 0.4) is 0 Å². The summed E-state index contributed by atoms with van der Waals surface area (Å²) in [7, 11) is 0. The summed E-state index contributed by atoms with van der Waals surface area (Å²) < 4.78 is 0. The first kappa shape index (κ1) is 11.4. The first-order valence-electron chi connectivity index (χ1n) is 4.03. The van der Waals surface area contributed by atoms with Crippen LogP contribution in [-0.4, -0.2) is 22.0 Å². The molecule has 0 fully saturated rings. The lowest BCUT2D eigenvalue weighted by Crippen LogP contribution is -2.22. The maximum Gasteiger partial charge on any atom is 0.335 e. The number of carboxylic acids is 1. The van der Waals surface area contributed by atoms with Gasteiger partial charge in [0.1, 0.15) is 5.69 Å². The van der Waals surface area contributed by atoms with Crippen molar-refractivity contribution in [2.45, 2.75) is 0 Å². The van der Waals surface area contributed by atoms with Crippen molar-refractivity contribution in [1.29, 1.82) is 0 Å². The molecule has 0 aliphatic heterocycles. The van der Waals surface area contributed by atoms with Gasteiger partial charge in [-0.15, -0.1) is 0 Å². The van der Waals surface area contributed by atoms with Crippen LogP contribution >= 0.6 is 0 Å². The Morgan fingerprint density at radius 3 is 2.50 bits per heavy atom. The number of hydrogen-bond acceptors (Lipinski definition) is 4. The van der Waals surface area contributed by atoms with Crippen molar-refractivity contribution in [2.75, 3.05) is 0 Å². The highest BCUT2D eigenvalue weighted by Crippen LogP contribution is 2.28. The molecular weight excluding hydrogens is 216 g/mol. The average molecular weight is 224 g/mol. The van der Waals surface area contributed by atoms with Gasteiger partial charge in [-0.1, -0.05) is 0 Å². The maximum absolute atomic E-state index is 10.6. The molecule has 0 heterocycles. The molecule has 1 rings (SSSR count). The van der Waals surface area contributed by atoms with Crippen LogP contribution in [-0.2, 0) is 0 Å². The Balaban J connectivity index is 3.36. The summed E-state index contributed by atoms with van der Waals surface area (Å²) in [6.07, 6.45) is 0. The first-order chi connectivity index (χ1) is 7.41. The van der Waals surface area contributed by atoms with Crippen LogP contribution in [0, 0.1) is 10.1 Å². The molecule has 0 saturated carbocycles. The van der Waals surface area contributed by atoms with Crippen LogP contribution in [0.25, 0.3) is 0 Å². The Morgan fingerprint density at radius 2 is 2.06 bits per heavy atom. The third kappa shape index (κ3) is 2.44. The summed E-state index contributed by atoms with van der Waals surface area (Å²) in [5.41, 5.74) is 9.40. The minimum absolute atomic E-state index is 0.0880. The topological polar surface area (TPSA) is 145 Å². The van der Waals surface area contributed by atoms with Crippen LogP contribution < -0.4 is 11.5 Å². The Morgan fingerprint density at radius 1 is 1.44 bits per heavy atom. The second-order valence-corrected chi connectivity index (χ2v) is 2.80. The highest BCUT2D eigenvalue weighted by molar-refractivity contribution is 5.90. The van der Waals surface area contributed by atoms with Crippen molar-refractivity contribution < 1.29 is 14.8 Å². The average Bonchev–Trinajstić information content (AvgIpc) is 2.16. The lowest BCUT2D eigenvalue weighted by Gasteiger charge is -1.99. The van der Waals surface area contributed by atoms with Gasteiger partial charge in [0.2, 0.25) is 0 Å². The van der Waals surface area contributed by atoms with Gasteiger partial charge in [0, 0.05) is 6.07 Å². The molecular formula is C8H8N4O4. The molecule has 8 nitrogen and oxygen atoms in total. The molecule has 1 aromatic carbocycles. The largest absolute Gasteiger partial charge is 0.478 e. The van der Waals surface area contributed by atoms with Gasteiger partial charge in [-0.05, 0) is 12.1 Å². The molecule has 8 heteroatoms. The van der Waals surface area contributed by atoms with Gasteiger partial charge >= 0.3 is 5.97 Å². The van der Waals surface area contributed by atoms with Gasteiger partial charge < -0.3 is 16.6 Å². The van der Waals surface area contributed by atoms with E-state index >= 15 is 0 Å². The second kappa shape index (κ2) is 4.26. The van der Waals surface area contributed by atoms with Gasteiger partial charge in [0.25, 0.3) is 5.69 Å². The fourth-order valence-electron chi connectivity index (χ4n) is 1.04. The van der Waals surface area contributed by atoms with E-state index in [1.165, 1.54) is 12.1 Å². The van der Waals surface area contributed by atoms with Crippen LogP contribution in [0.4, 0.5) is 11.4 Å². The molecule has 0 aliphatic carbocycles. The van der Waals surface area contributed by atoms with Crippen molar-refractivity contribution in [3.8, 4) is 0 Å². The number of carboxylic acid groups (broad SMARTS) is 1. The van der Waals surface area contributed by atoms with E-state index in [0.717, 1.165) is 6.07 Å². The predicted molar refractivity (Wildman–Crippen MR) is 55.5 cm³/mol. The van der Waals surface area contributed by atoms with Gasteiger partial charge in [0.15, 0.2) is 5.96 Å². The second-order valence-electron chi connectivity index (χ2n) is 2.80. The molecule has 16 heavy (non-hydrogen) atoms. The summed E-state index contributed by atoms with van der Waals surface area (Å²) in [5.74, 6) is -1.61. The quantitative estimate of drug-likeness (QED) is 0.289. The highest BCUT2D eigenvalue weighted by atomic mass is 16.6. The third-order valence-electron chi connectivity index (χ3n) is 1.67. The van der Waals surface area contributed by atoms with Crippen molar-refractivity contribution in [3.05, 3.63) is 33.9 Å². The van der Waals surface area contributed by atoms with Gasteiger partial charge in [-0.3, -0.25) is 10.1 Å². The molecule has 0 amide bonds. The summed E-state index contributed by atoms with van der Waals surface area (Å²) in [4.78, 5) is 24.0. The van der Waals surface area contributed by atoms with Crippen molar-refractivity contribution in [2.24, 2.45) is 16.5 Å². The Bertz CT molecular complexity index is 479. The number of guanidine groups is 1. The molecule has 0 atom stereocenters. The number of benzene rings is 1. The van der Waals surface area contributed by atoms with E-state index in [0.29, 0.717) is 0 Å². The molecule has 0 radical (unpaired) electrons. The predicted octanol–water partition coefficient (Wildman–Crippen LogP) is 0.198. The summed E-state index contributed by atoms with van der Waals surface area (Å²) >= 11 is 0. The fraction of sp³-hybridized carbons (Fsp3) is 0. The molecule has 5 N–H and O–H groups in total. The van der Waals surface area contributed by atoms with Crippen LogP contribution in [0.15, 0.2) is 23.2 Å². The summed E-state index contributed by atoms with van der Waals surface area (Å²) in [6.45, 7) is 0. The van der Waals surface area contributed by atoms with E-state index in [9.17, 15) is 14.9 Å². The molecule has 0 saturated heterocycles. The van der Waals surface area contributed by atoms with E-state index < -0.39 is 16.6 Å². The van der Waals surface area contributed by atoms with Crippen molar-refractivity contribution in [3.63, 3.8) is 0 Å². The molecule has 1 aromatic rings. The van der Waals surface area contributed by atoms with Gasteiger partial charge in [0.05, 0.1) is 10.5 Å². The number of nitrogens with zero attached hydrogens (tertiary/aromatic N) is 2. The molecule has 0 unspecified atom stereocenters. The SMILES string of the molecule is NC(N)=Nc1ccc(C(=O)O)cc1[N+](=O)[O-]. The van der Waals surface area contributed by atoms with E-state index in [2.05, 4.69) is 4.99 Å². The molecule has 0 aromatic heterocycles. The van der Waals surface area contributed by atoms with E-state index in [4.69, 9.17) is 16.6 Å². The van der Waals surface area contributed by atoms with E-state index in [1.54, 1.807) is 0 Å². The van der Waals surface area contributed by atoms with E-state index in [1.807, 2.05) is 0 Å². The number of aromatic carboxylic acids is 1. The number of nitro benzene ring substituents is 1. The lowest BCUT2D eigenvalue weighted by atomic mass is 10.2. The first-order valence-corrected chi connectivity index (χ1v) is 4.03. The Kier molecular flexibility index (Phi) is 3.04. The number of hydrogen-bond donors (Lipinski definition) is 3. The Hall–Kier alpha value is -2.64. The number of aliphatic imine (C=N–C) groups is 1. The van der Waals surface area contributed by atoms with Crippen molar-refractivity contribution >= 4 is 23.3 Å². The van der Waals surface area contributed by atoms with E-state index in [-0.39, 0.29) is 17.2 Å². The zero-order chi connectivity index (χ0) is 12.3. The zero-order valence-electron chi connectivity index (χ0n) is 7.95. The van der Waals surface area contributed by atoms with Crippen molar-refractivity contribution in [1.82, 2.24) is 0 Å². The normalized spacial score (nSPS) is 9.50. The smallest absolute Gasteiger partial charge is 0.335 e. The number of nitro groups is 1. The molecule has 0 spiro atoms. The van der Waals surface area contributed by atoms with Gasteiger partial charge in [-0.2, -0.15) is 0 Å². The molecule has 0 bridgehead atoms.